The van der Waals surface area contributed by atoms with Gasteiger partial charge in [0.2, 0.25) is 0 Å². The van der Waals surface area contributed by atoms with Crippen LogP contribution in [0.25, 0.3) is 0 Å². The van der Waals surface area contributed by atoms with Gasteiger partial charge in [-0.3, -0.25) is 0 Å². The highest BCUT2D eigenvalue weighted by atomic mass is 35.7. The second kappa shape index (κ2) is 4.84. The summed E-state index contributed by atoms with van der Waals surface area (Å²) in [7, 11) is 0.762. The monoisotopic (exact) mass is 241 g/mol. The standard InChI is InChI=1S/C7H12ClNO4S/c8-14(11,12)9-7(10)13-5-6-3-1-2-4-6/h6H,1-5H2,(H,9,10). The van der Waals surface area contributed by atoms with Gasteiger partial charge in [0.05, 0.1) is 6.61 Å². The molecule has 0 radical (unpaired) electrons. The Morgan fingerprint density at radius 3 is 2.50 bits per heavy atom. The Morgan fingerprint density at radius 2 is 2.00 bits per heavy atom. The van der Waals surface area contributed by atoms with Crippen LogP contribution in [-0.4, -0.2) is 21.1 Å². The Hall–Kier alpha value is -0.490. The van der Waals surface area contributed by atoms with Crippen LogP contribution in [0.15, 0.2) is 0 Å². The molecule has 0 bridgehead atoms. The third-order valence-electron chi connectivity index (χ3n) is 2.13. The molecule has 0 spiro atoms. The number of amides is 1. The van der Waals surface area contributed by atoms with Crippen LogP contribution in [0.2, 0.25) is 0 Å². The Bertz CT molecular complexity index is 297. The van der Waals surface area contributed by atoms with Crippen LogP contribution in [0.3, 0.4) is 0 Å². The molecule has 1 N–H and O–H groups in total. The predicted octanol–water partition coefficient (Wildman–Crippen LogP) is 1.39. The SMILES string of the molecule is O=C(NS(=O)(=O)Cl)OCC1CCCC1. The van der Waals surface area contributed by atoms with Gasteiger partial charge in [-0.1, -0.05) is 12.8 Å². The van der Waals surface area contributed by atoms with Crippen molar-refractivity contribution in [2.75, 3.05) is 6.61 Å². The topological polar surface area (TPSA) is 72.5 Å². The van der Waals surface area contributed by atoms with E-state index in [1.807, 2.05) is 0 Å². The van der Waals surface area contributed by atoms with Gasteiger partial charge < -0.3 is 4.74 Å². The fraction of sp³-hybridized carbons (Fsp3) is 0.857. The molecule has 0 unspecified atom stereocenters. The first kappa shape index (κ1) is 11.6. The maximum atomic E-state index is 10.8. The van der Waals surface area contributed by atoms with Crippen LogP contribution >= 0.6 is 10.7 Å². The molecule has 1 amide bonds. The van der Waals surface area contributed by atoms with Gasteiger partial charge in [0.1, 0.15) is 0 Å². The van der Waals surface area contributed by atoms with E-state index in [0.29, 0.717) is 5.92 Å². The number of nitrogens with one attached hydrogen (secondary N) is 1. The molecular weight excluding hydrogens is 230 g/mol. The number of hydrogen-bond donors (Lipinski definition) is 1. The first-order valence-corrected chi connectivity index (χ1v) is 6.67. The maximum Gasteiger partial charge on any atom is 0.421 e. The first-order chi connectivity index (χ1) is 6.47. The summed E-state index contributed by atoms with van der Waals surface area (Å²) < 4.78 is 27.0. The van der Waals surface area contributed by atoms with Crippen LogP contribution in [0.1, 0.15) is 25.7 Å². The molecule has 0 heterocycles. The molecule has 5 nitrogen and oxygen atoms in total. The normalized spacial score (nSPS) is 18.1. The lowest BCUT2D eigenvalue weighted by molar-refractivity contribution is 0.133. The highest BCUT2D eigenvalue weighted by molar-refractivity contribution is 8.12. The molecule has 14 heavy (non-hydrogen) atoms. The molecule has 0 aromatic heterocycles. The van der Waals surface area contributed by atoms with Crippen molar-refractivity contribution >= 4 is 26.0 Å². The zero-order valence-corrected chi connectivity index (χ0v) is 9.10. The zero-order chi connectivity index (χ0) is 10.6. The Balaban J connectivity index is 2.21. The molecule has 1 fully saturated rings. The van der Waals surface area contributed by atoms with E-state index in [-0.39, 0.29) is 6.61 Å². The number of rotatable bonds is 3. The lowest BCUT2D eigenvalue weighted by atomic mass is 10.1. The summed E-state index contributed by atoms with van der Waals surface area (Å²) in [6.45, 7) is 0.262. The molecule has 0 aliphatic heterocycles. The van der Waals surface area contributed by atoms with E-state index in [0.717, 1.165) is 25.7 Å². The van der Waals surface area contributed by atoms with Gasteiger partial charge in [0.15, 0.2) is 0 Å². The molecule has 1 aliphatic carbocycles. The lowest BCUT2D eigenvalue weighted by Crippen LogP contribution is -2.28. The molecular formula is C7H12ClNO4S. The molecule has 82 valence electrons. The number of halogens is 1. The summed E-state index contributed by atoms with van der Waals surface area (Å²) >= 11 is 0. The minimum absolute atomic E-state index is 0.262. The van der Waals surface area contributed by atoms with Crippen molar-refractivity contribution in [1.29, 1.82) is 0 Å². The molecule has 7 heteroatoms. The lowest BCUT2D eigenvalue weighted by Gasteiger charge is -2.09. The van der Waals surface area contributed by atoms with E-state index < -0.39 is 15.3 Å². The van der Waals surface area contributed by atoms with Crippen LogP contribution in [0.4, 0.5) is 4.79 Å². The van der Waals surface area contributed by atoms with Crippen molar-refractivity contribution in [3.05, 3.63) is 0 Å². The van der Waals surface area contributed by atoms with Gasteiger partial charge in [-0.2, -0.15) is 8.42 Å². The summed E-state index contributed by atoms with van der Waals surface area (Å²) in [6.07, 6.45) is 3.33. The van der Waals surface area contributed by atoms with Gasteiger partial charge in [-0.05, 0) is 18.8 Å². The van der Waals surface area contributed by atoms with Crippen LogP contribution in [-0.2, 0) is 14.0 Å². The van der Waals surface area contributed by atoms with Gasteiger partial charge in [-0.25, -0.2) is 9.52 Å². The van der Waals surface area contributed by atoms with E-state index in [1.165, 1.54) is 4.72 Å². The van der Waals surface area contributed by atoms with Gasteiger partial charge in [0, 0.05) is 10.7 Å². The van der Waals surface area contributed by atoms with Crippen LogP contribution < -0.4 is 4.72 Å². The van der Waals surface area contributed by atoms with Crippen molar-refractivity contribution in [2.45, 2.75) is 25.7 Å². The largest absolute Gasteiger partial charge is 0.449 e. The number of carbonyl (C=O) groups is 1. The molecule has 0 aromatic carbocycles. The van der Waals surface area contributed by atoms with Gasteiger partial charge >= 0.3 is 15.3 Å². The third kappa shape index (κ3) is 4.66. The van der Waals surface area contributed by atoms with Crippen molar-refractivity contribution in [3.8, 4) is 0 Å². The third-order valence-corrected chi connectivity index (χ3v) is 2.77. The summed E-state index contributed by atoms with van der Waals surface area (Å²) in [4.78, 5) is 10.8. The second-order valence-corrected chi connectivity index (χ2v) is 5.59. The Labute approximate surface area is 87.3 Å². The van der Waals surface area contributed by atoms with E-state index in [9.17, 15) is 13.2 Å². The molecule has 0 saturated heterocycles. The molecule has 1 aliphatic rings. The smallest absolute Gasteiger partial charge is 0.421 e. The minimum atomic E-state index is -4.02. The minimum Gasteiger partial charge on any atom is -0.449 e. The first-order valence-electron chi connectivity index (χ1n) is 4.36. The number of hydrogen-bond acceptors (Lipinski definition) is 4. The van der Waals surface area contributed by atoms with Crippen molar-refractivity contribution in [3.63, 3.8) is 0 Å². The number of carbonyl (C=O) groups excluding carboxylic acids is 1. The molecule has 1 rings (SSSR count). The fourth-order valence-corrected chi connectivity index (χ4v) is 1.95. The van der Waals surface area contributed by atoms with Crippen molar-refractivity contribution in [2.24, 2.45) is 5.92 Å². The average Bonchev–Trinajstić information content (AvgIpc) is 2.49. The van der Waals surface area contributed by atoms with E-state index in [2.05, 4.69) is 4.74 Å². The van der Waals surface area contributed by atoms with Gasteiger partial charge in [-0.15, -0.1) is 0 Å². The quantitative estimate of drug-likeness (QED) is 0.758. The molecule has 1 saturated carbocycles. The van der Waals surface area contributed by atoms with E-state index in [1.54, 1.807) is 0 Å². The highest BCUT2D eigenvalue weighted by Gasteiger charge is 2.18. The van der Waals surface area contributed by atoms with E-state index >= 15 is 0 Å². The Kier molecular flexibility index (Phi) is 4.00. The summed E-state index contributed by atoms with van der Waals surface area (Å²) in [5, 5.41) is 0. The fourth-order valence-electron chi connectivity index (χ4n) is 1.50. The van der Waals surface area contributed by atoms with Gasteiger partial charge in [0.25, 0.3) is 0 Å². The van der Waals surface area contributed by atoms with Crippen LogP contribution in [0, 0.1) is 5.92 Å². The summed E-state index contributed by atoms with van der Waals surface area (Å²) in [6, 6.07) is 0. The van der Waals surface area contributed by atoms with Crippen molar-refractivity contribution in [1.82, 2.24) is 4.72 Å². The van der Waals surface area contributed by atoms with Crippen molar-refractivity contribution < 1.29 is 17.9 Å². The second-order valence-electron chi connectivity index (χ2n) is 3.29. The average molecular weight is 242 g/mol. The molecule has 0 aromatic rings. The zero-order valence-electron chi connectivity index (χ0n) is 7.53. The number of ether oxygens (including phenoxy) is 1. The summed E-state index contributed by atoms with van der Waals surface area (Å²) in [5.74, 6) is 0.360. The van der Waals surface area contributed by atoms with E-state index in [4.69, 9.17) is 10.7 Å². The van der Waals surface area contributed by atoms with Crippen LogP contribution in [0.5, 0.6) is 0 Å². The Morgan fingerprint density at radius 1 is 1.43 bits per heavy atom. The predicted molar refractivity (Wildman–Crippen MR) is 51.2 cm³/mol. The maximum absolute atomic E-state index is 10.8. The summed E-state index contributed by atoms with van der Waals surface area (Å²) in [5.41, 5.74) is 0. The highest BCUT2D eigenvalue weighted by Crippen LogP contribution is 2.24. The molecule has 0 atom stereocenters.